The van der Waals surface area contributed by atoms with E-state index >= 15 is 0 Å². The highest BCUT2D eigenvalue weighted by atomic mass is 16.5. The molecule has 0 unspecified atom stereocenters. The predicted molar refractivity (Wildman–Crippen MR) is 136 cm³/mol. The normalized spacial score (nSPS) is 16.4. The topological polar surface area (TPSA) is 12.2 Å². The van der Waals surface area contributed by atoms with Crippen molar-refractivity contribution >= 4 is 27.4 Å². The lowest BCUT2D eigenvalue weighted by Crippen LogP contribution is -2.28. The molecule has 0 aliphatic carbocycles. The summed E-state index contributed by atoms with van der Waals surface area (Å²) in [6.45, 7) is 12.1. The second-order valence-corrected chi connectivity index (χ2v) is 9.54. The van der Waals surface area contributed by atoms with Crippen LogP contribution in [0.25, 0.3) is 32.7 Å². The second-order valence-electron chi connectivity index (χ2n) is 9.54. The number of likely N-dealkylation sites (N-methyl/N-ethyl adjacent to an activating group) is 1. The van der Waals surface area contributed by atoms with Crippen molar-refractivity contribution in [3.8, 4) is 11.1 Å². The average molecular weight is 423 g/mol. The number of hydrogen-bond acceptors (Lipinski definition) is 1. The number of nitrogens with zero attached hydrogens (tertiary/aromatic N) is 1. The van der Waals surface area contributed by atoms with E-state index < -0.39 is 0 Å². The Hall–Kier alpha value is -3.13. The molecule has 0 amide bonds. The van der Waals surface area contributed by atoms with E-state index in [1.165, 1.54) is 54.9 Å². The van der Waals surface area contributed by atoms with Crippen LogP contribution in [0.3, 0.4) is 0 Å². The summed E-state index contributed by atoms with van der Waals surface area (Å²) in [5, 5.41) is 5.17. The first-order chi connectivity index (χ1) is 15.4. The van der Waals surface area contributed by atoms with E-state index in [-0.39, 0.29) is 0 Å². The van der Waals surface area contributed by atoms with Gasteiger partial charge in [0.25, 0.3) is 0 Å². The van der Waals surface area contributed by atoms with E-state index in [9.17, 15) is 0 Å². The number of fused-ring (bicyclic) bond motifs is 2. The Kier molecular flexibility index (Phi) is 5.04. The monoisotopic (exact) mass is 422 g/mol. The molecule has 0 bridgehead atoms. The maximum Gasteiger partial charge on any atom is 0.371 e. The lowest BCUT2D eigenvalue weighted by Gasteiger charge is -2.20. The van der Waals surface area contributed by atoms with Crippen molar-refractivity contribution in [2.24, 2.45) is 5.92 Å². The molecule has 0 N–H and O–H groups in total. The van der Waals surface area contributed by atoms with Gasteiger partial charge in [-0.25, -0.2) is 0 Å². The SMILES string of the molecule is Cc1c(-c2ccc3ccccc3c2C2=[N+](C)[C@@H](C(C)C)CO2)c(C)c2ccccc2c1C. The molecule has 32 heavy (non-hydrogen) atoms. The van der Waals surface area contributed by atoms with E-state index in [0.717, 1.165) is 12.5 Å². The van der Waals surface area contributed by atoms with Crippen LogP contribution in [0.4, 0.5) is 0 Å². The van der Waals surface area contributed by atoms with Gasteiger partial charge in [-0.1, -0.05) is 74.5 Å². The van der Waals surface area contributed by atoms with Gasteiger partial charge in [0.2, 0.25) is 0 Å². The van der Waals surface area contributed by atoms with Crippen LogP contribution in [0.5, 0.6) is 0 Å². The minimum absolute atomic E-state index is 0.386. The molecular weight excluding hydrogens is 390 g/mol. The Labute approximate surface area is 191 Å². The number of ether oxygens (including phenoxy) is 1. The average Bonchev–Trinajstić information content (AvgIpc) is 3.18. The summed E-state index contributed by atoms with van der Waals surface area (Å²) in [4.78, 5) is 0. The van der Waals surface area contributed by atoms with E-state index in [4.69, 9.17) is 4.74 Å². The van der Waals surface area contributed by atoms with Crippen LogP contribution in [0.1, 0.15) is 36.1 Å². The highest BCUT2D eigenvalue weighted by Crippen LogP contribution is 2.40. The summed E-state index contributed by atoms with van der Waals surface area (Å²) in [5.41, 5.74) is 7.85. The molecule has 1 aliphatic rings. The third-order valence-electron chi connectivity index (χ3n) is 7.44. The zero-order valence-electron chi connectivity index (χ0n) is 20.0. The molecule has 162 valence electrons. The number of hydrogen-bond donors (Lipinski definition) is 0. The van der Waals surface area contributed by atoms with Crippen LogP contribution in [0.2, 0.25) is 0 Å². The molecule has 1 atom stereocenters. The molecule has 0 spiro atoms. The minimum atomic E-state index is 0.386. The Balaban J connectivity index is 1.90. The van der Waals surface area contributed by atoms with Gasteiger partial charge in [0.05, 0.1) is 0 Å². The summed E-state index contributed by atoms with van der Waals surface area (Å²) in [5.74, 6) is 1.53. The zero-order chi connectivity index (χ0) is 22.6. The van der Waals surface area contributed by atoms with Crippen LogP contribution in [-0.2, 0) is 4.74 Å². The van der Waals surface area contributed by atoms with Crippen molar-refractivity contribution in [3.05, 3.63) is 82.9 Å². The molecule has 5 rings (SSSR count). The smallest absolute Gasteiger partial charge is 0.371 e. The van der Waals surface area contributed by atoms with E-state index in [0.29, 0.717) is 12.0 Å². The summed E-state index contributed by atoms with van der Waals surface area (Å²) in [6.07, 6.45) is 0. The van der Waals surface area contributed by atoms with Gasteiger partial charge in [0, 0.05) is 11.5 Å². The molecular formula is C30H32NO+. The summed E-state index contributed by atoms with van der Waals surface area (Å²) in [6, 6.07) is 22.4. The van der Waals surface area contributed by atoms with Crippen LogP contribution < -0.4 is 0 Å². The zero-order valence-corrected chi connectivity index (χ0v) is 20.0. The Morgan fingerprint density at radius 1 is 0.750 bits per heavy atom. The molecule has 1 heterocycles. The lowest BCUT2D eigenvalue weighted by atomic mass is 9.84. The van der Waals surface area contributed by atoms with Gasteiger partial charge in [-0.05, 0) is 64.6 Å². The molecule has 0 saturated heterocycles. The van der Waals surface area contributed by atoms with Gasteiger partial charge in [-0.15, -0.1) is 0 Å². The Morgan fingerprint density at radius 3 is 2.03 bits per heavy atom. The molecule has 4 aromatic carbocycles. The standard InChI is InChI=1S/C30H32NO/c1-18(2)27-17-32-30(31(27)6)29-25-14-8-7-11-22(25)15-16-26(29)28-20(4)19(3)23-12-9-10-13-24(23)21(28)5/h7-16,18,27H,17H2,1-6H3/q+1/t27-/m1/s1. The molecule has 0 radical (unpaired) electrons. The van der Waals surface area contributed by atoms with Gasteiger partial charge >= 0.3 is 5.90 Å². The second kappa shape index (κ2) is 7.78. The highest BCUT2D eigenvalue weighted by molar-refractivity contribution is 6.12. The first kappa shape index (κ1) is 20.8. The molecule has 0 aromatic heterocycles. The lowest BCUT2D eigenvalue weighted by molar-refractivity contribution is -0.534. The fraction of sp³-hybridized carbons (Fsp3) is 0.300. The van der Waals surface area contributed by atoms with Crippen LogP contribution in [0.15, 0.2) is 60.7 Å². The first-order valence-corrected chi connectivity index (χ1v) is 11.6. The number of benzene rings is 4. The van der Waals surface area contributed by atoms with E-state index in [1.807, 2.05) is 0 Å². The van der Waals surface area contributed by atoms with Crippen molar-refractivity contribution < 1.29 is 9.31 Å². The molecule has 1 aliphatic heterocycles. The molecule has 2 heteroatoms. The van der Waals surface area contributed by atoms with Gasteiger partial charge in [-0.3, -0.25) is 0 Å². The van der Waals surface area contributed by atoms with Crippen molar-refractivity contribution in [2.75, 3.05) is 13.7 Å². The number of aryl methyl sites for hydroxylation is 2. The fourth-order valence-corrected chi connectivity index (χ4v) is 5.47. The Morgan fingerprint density at radius 2 is 1.38 bits per heavy atom. The summed E-state index contributed by atoms with van der Waals surface area (Å²) >= 11 is 0. The Bertz CT molecular complexity index is 1390. The third kappa shape index (κ3) is 3.04. The fourth-order valence-electron chi connectivity index (χ4n) is 5.47. The van der Waals surface area contributed by atoms with E-state index in [2.05, 4.69) is 107 Å². The van der Waals surface area contributed by atoms with Crippen molar-refractivity contribution in [1.82, 2.24) is 0 Å². The van der Waals surface area contributed by atoms with Gasteiger partial charge in [0.15, 0.2) is 12.6 Å². The number of rotatable bonds is 3. The van der Waals surface area contributed by atoms with Gasteiger partial charge < -0.3 is 4.74 Å². The summed E-state index contributed by atoms with van der Waals surface area (Å²) in [7, 11) is 2.18. The van der Waals surface area contributed by atoms with Gasteiger partial charge in [0.1, 0.15) is 12.6 Å². The molecule has 0 fully saturated rings. The summed E-state index contributed by atoms with van der Waals surface area (Å²) < 4.78 is 8.79. The maximum atomic E-state index is 6.44. The van der Waals surface area contributed by atoms with Crippen LogP contribution >= 0.6 is 0 Å². The molecule has 0 saturated carbocycles. The van der Waals surface area contributed by atoms with Crippen molar-refractivity contribution in [2.45, 2.75) is 40.7 Å². The van der Waals surface area contributed by atoms with Gasteiger partial charge in [-0.2, -0.15) is 4.58 Å². The highest BCUT2D eigenvalue weighted by Gasteiger charge is 2.37. The van der Waals surface area contributed by atoms with Crippen molar-refractivity contribution in [1.29, 1.82) is 0 Å². The first-order valence-electron chi connectivity index (χ1n) is 11.6. The van der Waals surface area contributed by atoms with Crippen molar-refractivity contribution in [3.63, 3.8) is 0 Å². The largest absolute Gasteiger partial charge is 0.437 e. The predicted octanol–water partition coefficient (Wildman–Crippen LogP) is 7.03. The molecule has 2 nitrogen and oxygen atoms in total. The maximum absolute atomic E-state index is 6.44. The minimum Gasteiger partial charge on any atom is -0.437 e. The van der Waals surface area contributed by atoms with Crippen LogP contribution in [-0.4, -0.2) is 30.2 Å². The quantitative estimate of drug-likeness (QED) is 0.323. The van der Waals surface area contributed by atoms with Crippen LogP contribution in [0, 0.1) is 26.7 Å². The molecule has 4 aromatic rings. The van der Waals surface area contributed by atoms with E-state index in [1.54, 1.807) is 0 Å². The third-order valence-corrected chi connectivity index (χ3v) is 7.44.